The fourth-order valence-electron chi connectivity index (χ4n) is 2.74. The molecule has 0 aliphatic heterocycles. The Labute approximate surface area is 147 Å². The van der Waals surface area contributed by atoms with E-state index >= 15 is 0 Å². The van der Waals surface area contributed by atoms with Crippen LogP contribution in [0.5, 0.6) is 5.75 Å². The first-order valence-electron chi connectivity index (χ1n) is 8.15. The van der Waals surface area contributed by atoms with Gasteiger partial charge in [-0.25, -0.2) is 4.98 Å². The summed E-state index contributed by atoms with van der Waals surface area (Å²) in [4.78, 5) is 27.1. The molecular formula is C17H19F3N2O4. The lowest BCUT2D eigenvalue weighted by atomic mass is 9.94. The predicted molar refractivity (Wildman–Crippen MR) is 86.3 cm³/mol. The minimum Gasteiger partial charge on any atom is -0.490 e. The van der Waals surface area contributed by atoms with E-state index in [2.05, 4.69) is 4.98 Å². The third-order valence-corrected chi connectivity index (χ3v) is 3.96. The molecule has 0 saturated carbocycles. The predicted octanol–water partition coefficient (Wildman–Crippen LogP) is 3.83. The van der Waals surface area contributed by atoms with Crippen molar-refractivity contribution >= 4 is 17.4 Å². The Morgan fingerprint density at radius 1 is 1.31 bits per heavy atom. The maximum Gasteiger partial charge on any atom is 0.435 e. The minimum atomic E-state index is -4.82. The summed E-state index contributed by atoms with van der Waals surface area (Å²) in [5.74, 6) is -2.32. The van der Waals surface area contributed by atoms with Crippen LogP contribution in [0.2, 0.25) is 0 Å². The summed E-state index contributed by atoms with van der Waals surface area (Å²) in [7, 11) is 0. The fourth-order valence-corrected chi connectivity index (χ4v) is 2.74. The number of pyridine rings is 1. The van der Waals surface area contributed by atoms with Gasteiger partial charge in [0.15, 0.2) is 22.9 Å². The van der Waals surface area contributed by atoms with Crippen LogP contribution < -0.4 is 4.74 Å². The molecule has 0 aromatic carbocycles. The van der Waals surface area contributed by atoms with E-state index in [9.17, 15) is 22.8 Å². The highest BCUT2D eigenvalue weighted by Crippen LogP contribution is 2.35. The molecule has 0 spiro atoms. The largest absolute Gasteiger partial charge is 0.490 e. The lowest BCUT2D eigenvalue weighted by Gasteiger charge is -2.13. The number of fused-ring (bicyclic) bond motifs is 1. The van der Waals surface area contributed by atoms with E-state index in [1.807, 2.05) is 0 Å². The number of ketones is 1. The zero-order chi connectivity index (χ0) is 19.5. The van der Waals surface area contributed by atoms with Crippen molar-refractivity contribution in [2.45, 2.75) is 39.3 Å². The van der Waals surface area contributed by atoms with Gasteiger partial charge in [0.25, 0.3) is 0 Å². The highest BCUT2D eigenvalue weighted by Gasteiger charge is 2.40. The number of imidazole rings is 1. The van der Waals surface area contributed by atoms with Gasteiger partial charge in [0, 0.05) is 19.0 Å². The number of hydrogen-bond acceptors (Lipinski definition) is 4. The molecule has 1 atom stereocenters. The number of carboxylic acids is 1. The summed E-state index contributed by atoms with van der Waals surface area (Å²) in [5.41, 5.74) is -1.99. The zero-order valence-corrected chi connectivity index (χ0v) is 14.3. The van der Waals surface area contributed by atoms with Crippen LogP contribution in [-0.2, 0) is 11.0 Å². The van der Waals surface area contributed by atoms with E-state index in [0.717, 1.165) is 4.40 Å². The van der Waals surface area contributed by atoms with Crippen molar-refractivity contribution in [2.24, 2.45) is 5.92 Å². The number of carbonyl (C=O) groups excluding carboxylic acids is 1. The first-order chi connectivity index (χ1) is 12.2. The van der Waals surface area contributed by atoms with Gasteiger partial charge in [0.2, 0.25) is 0 Å². The third kappa shape index (κ3) is 4.14. The molecule has 0 radical (unpaired) electrons. The van der Waals surface area contributed by atoms with Crippen LogP contribution >= 0.6 is 0 Å². The first-order valence-corrected chi connectivity index (χ1v) is 8.15. The topological polar surface area (TPSA) is 80.9 Å². The van der Waals surface area contributed by atoms with E-state index in [0.29, 0.717) is 6.42 Å². The summed E-state index contributed by atoms with van der Waals surface area (Å²) < 4.78 is 46.6. The number of hydrogen-bond donors (Lipinski definition) is 1. The van der Waals surface area contributed by atoms with Crippen LogP contribution in [0.3, 0.4) is 0 Å². The molecule has 0 saturated heterocycles. The number of carboxylic acid groups (broad SMARTS) is 1. The van der Waals surface area contributed by atoms with E-state index < -0.39 is 35.2 Å². The number of nitrogens with zero attached hydrogens (tertiary/aromatic N) is 2. The smallest absolute Gasteiger partial charge is 0.435 e. The van der Waals surface area contributed by atoms with Crippen LogP contribution in [-0.4, -0.2) is 32.9 Å². The zero-order valence-electron chi connectivity index (χ0n) is 14.3. The Morgan fingerprint density at radius 2 is 2.00 bits per heavy atom. The molecule has 0 bridgehead atoms. The Hall–Kier alpha value is -2.58. The lowest BCUT2D eigenvalue weighted by Crippen LogP contribution is -2.18. The molecule has 0 aliphatic rings. The van der Waals surface area contributed by atoms with Crippen molar-refractivity contribution in [1.29, 1.82) is 0 Å². The lowest BCUT2D eigenvalue weighted by molar-refractivity contribution is -0.141. The van der Waals surface area contributed by atoms with E-state index in [-0.39, 0.29) is 30.8 Å². The molecule has 0 amide bonds. The second kappa shape index (κ2) is 7.76. The molecule has 9 heteroatoms. The number of alkyl halides is 3. The number of aromatic nitrogens is 2. The van der Waals surface area contributed by atoms with Gasteiger partial charge in [-0.2, -0.15) is 13.2 Å². The van der Waals surface area contributed by atoms with Crippen molar-refractivity contribution in [1.82, 2.24) is 9.38 Å². The molecule has 6 nitrogen and oxygen atoms in total. The van der Waals surface area contributed by atoms with E-state index in [4.69, 9.17) is 9.84 Å². The Bertz CT molecular complexity index is 814. The average Bonchev–Trinajstić information content (AvgIpc) is 2.95. The quantitative estimate of drug-likeness (QED) is 0.713. The number of ether oxygens (including phenoxy) is 1. The number of Topliss-reactive ketones (excluding diaryl/α,β-unsaturated/α-hetero) is 1. The summed E-state index contributed by atoms with van der Waals surface area (Å²) in [6.45, 7) is 3.60. The molecule has 2 heterocycles. The molecule has 1 N–H and O–H groups in total. The highest BCUT2D eigenvalue weighted by atomic mass is 19.4. The minimum absolute atomic E-state index is 0.101. The summed E-state index contributed by atoms with van der Waals surface area (Å²) in [6.07, 6.45) is -3.75. The van der Waals surface area contributed by atoms with Gasteiger partial charge in [0.05, 0.1) is 6.61 Å². The maximum absolute atomic E-state index is 13.4. The van der Waals surface area contributed by atoms with Gasteiger partial charge in [-0.3, -0.25) is 14.0 Å². The van der Waals surface area contributed by atoms with Crippen LogP contribution in [0, 0.1) is 5.92 Å². The Morgan fingerprint density at radius 3 is 2.54 bits per heavy atom. The van der Waals surface area contributed by atoms with Crippen LogP contribution in [0.4, 0.5) is 13.2 Å². The third-order valence-electron chi connectivity index (χ3n) is 3.96. The SMILES string of the molecule is CCOc1cccn2c(C(=O)C[C@H](CC)CC(=O)O)c(C(F)(F)F)nc12. The second-order valence-electron chi connectivity index (χ2n) is 5.81. The van der Waals surface area contributed by atoms with Crippen molar-refractivity contribution in [2.75, 3.05) is 6.61 Å². The number of aliphatic carboxylic acids is 1. The van der Waals surface area contributed by atoms with Gasteiger partial charge in [0.1, 0.15) is 5.69 Å². The van der Waals surface area contributed by atoms with Crippen molar-refractivity contribution in [3.8, 4) is 5.75 Å². The summed E-state index contributed by atoms with van der Waals surface area (Å²) in [6, 6.07) is 2.94. The van der Waals surface area contributed by atoms with E-state index in [1.165, 1.54) is 18.3 Å². The second-order valence-corrected chi connectivity index (χ2v) is 5.81. The molecule has 0 unspecified atom stereocenters. The number of carbonyl (C=O) groups is 2. The Kier molecular flexibility index (Phi) is 5.89. The standard InChI is InChI=1S/C17H19F3N2O4/c1-3-10(9-13(24)25)8-11(23)14-15(17(18,19)20)21-16-12(26-4-2)6-5-7-22(14)16/h5-7,10H,3-4,8-9H2,1-2H3,(H,24,25)/t10-/m0/s1. The average molecular weight is 372 g/mol. The number of halogens is 3. The van der Waals surface area contributed by atoms with Gasteiger partial charge in [-0.15, -0.1) is 0 Å². The number of rotatable bonds is 8. The Balaban J connectivity index is 2.54. The molecule has 2 aromatic heterocycles. The normalized spacial score (nSPS) is 13.0. The molecule has 142 valence electrons. The molecular weight excluding hydrogens is 353 g/mol. The highest BCUT2D eigenvalue weighted by molar-refractivity contribution is 5.97. The van der Waals surface area contributed by atoms with Crippen LogP contribution in [0.15, 0.2) is 18.3 Å². The van der Waals surface area contributed by atoms with Crippen LogP contribution in [0.1, 0.15) is 49.3 Å². The molecule has 2 rings (SSSR count). The molecule has 0 fully saturated rings. The van der Waals surface area contributed by atoms with Crippen LogP contribution in [0.25, 0.3) is 5.65 Å². The molecule has 26 heavy (non-hydrogen) atoms. The van der Waals surface area contributed by atoms with Gasteiger partial charge < -0.3 is 9.84 Å². The van der Waals surface area contributed by atoms with Gasteiger partial charge in [-0.05, 0) is 25.0 Å². The summed E-state index contributed by atoms with van der Waals surface area (Å²) in [5, 5.41) is 8.88. The van der Waals surface area contributed by atoms with Crippen molar-refractivity contribution in [3.05, 3.63) is 29.7 Å². The monoisotopic (exact) mass is 372 g/mol. The fraction of sp³-hybridized carbons (Fsp3) is 0.471. The van der Waals surface area contributed by atoms with Gasteiger partial charge >= 0.3 is 12.1 Å². The molecule has 2 aromatic rings. The maximum atomic E-state index is 13.4. The first kappa shape index (κ1) is 19.7. The summed E-state index contributed by atoms with van der Waals surface area (Å²) >= 11 is 0. The van der Waals surface area contributed by atoms with E-state index in [1.54, 1.807) is 13.8 Å². The van der Waals surface area contributed by atoms with Crippen molar-refractivity contribution in [3.63, 3.8) is 0 Å². The van der Waals surface area contributed by atoms with Crippen molar-refractivity contribution < 1.29 is 32.6 Å². The molecule has 0 aliphatic carbocycles. The van der Waals surface area contributed by atoms with Gasteiger partial charge in [-0.1, -0.05) is 13.3 Å².